The third-order valence-electron chi connectivity index (χ3n) is 3.27. The van der Waals surface area contributed by atoms with Crippen LogP contribution in [0, 0.1) is 6.92 Å². The number of carbonyl (C=O) groups is 1. The minimum absolute atomic E-state index is 0.348. The van der Waals surface area contributed by atoms with Gasteiger partial charge in [0.15, 0.2) is 12.4 Å². The van der Waals surface area contributed by atoms with E-state index in [-0.39, 0.29) is 12.6 Å². The Morgan fingerprint density at radius 1 is 1.22 bits per heavy atom. The van der Waals surface area contributed by atoms with Gasteiger partial charge in [0.2, 0.25) is 0 Å². The molecule has 0 aliphatic carbocycles. The Bertz CT molecular complexity index is 797. The van der Waals surface area contributed by atoms with Crippen LogP contribution in [0.5, 0.6) is 0 Å². The average molecular weight is 314 g/mol. The van der Waals surface area contributed by atoms with E-state index in [9.17, 15) is 4.79 Å². The maximum atomic E-state index is 10.8. The van der Waals surface area contributed by atoms with Gasteiger partial charge in [-0.2, -0.15) is 4.80 Å². The van der Waals surface area contributed by atoms with Crippen molar-refractivity contribution in [1.29, 1.82) is 0 Å². The van der Waals surface area contributed by atoms with Crippen LogP contribution in [0.15, 0.2) is 30.3 Å². The molecule has 0 radical (unpaired) electrons. The number of aromatic nitrogens is 8. The van der Waals surface area contributed by atoms with Gasteiger partial charge in [-0.25, -0.2) is 4.68 Å². The van der Waals surface area contributed by atoms with E-state index in [1.807, 2.05) is 30.3 Å². The fourth-order valence-electron chi connectivity index (χ4n) is 2.23. The van der Waals surface area contributed by atoms with Gasteiger partial charge >= 0.3 is 5.97 Å². The van der Waals surface area contributed by atoms with Crippen LogP contribution in [0.25, 0.3) is 0 Å². The Hall–Kier alpha value is -3.17. The molecule has 1 atom stereocenters. The second-order valence-corrected chi connectivity index (χ2v) is 4.95. The molecule has 0 saturated heterocycles. The summed E-state index contributed by atoms with van der Waals surface area (Å²) in [6.45, 7) is 1.43. The largest absolute Gasteiger partial charge is 0.480 e. The molecular weight excluding hydrogens is 300 g/mol. The van der Waals surface area contributed by atoms with E-state index < -0.39 is 5.97 Å². The molecule has 0 aliphatic rings. The number of tetrazole rings is 2. The van der Waals surface area contributed by atoms with Crippen molar-refractivity contribution in [2.24, 2.45) is 0 Å². The molecule has 1 N–H and O–H groups in total. The quantitative estimate of drug-likeness (QED) is 0.668. The van der Waals surface area contributed by atoms with Crippen LogP contribution in [0.3, 0.4) is 0 Å². The third kappa shape index (κ3) is 3.36. The lowest BCUT2D eigenvalue weighted by molar-refractivity contribution is -0.138. The van der Waals surface area contributed by atoms with Crippen LogP contribution in [0.1, 0.15) is 23.3 Å². The molecule has 1 unspecified atom stereocenters. The Kier molecular flexibility index (Phi) is 4.04. The Labute approximate surface area is 130 Å². The first kappa shape index (κ1) is 14.8. The van der Waals surface area contributed by atoms with Crippen LogP contribution in [0.4, 0.5) is 0 Å². The molecule has 3 aromatic rings. The van der Waals surface area contributed by atoms with Gasteiger partial charge in [0.1, 0.15) is 11.9 Å². The van der Waals surface area contributed by atoms with E-state index in [0.29, 0.717) is 18.1 Å². The molecule has 118 valence electrons. The van der Waals surface area contributed by atoms with Gasteiger partial charge < -0.3 is 5.11 Å². The first-order valence-electron chi connectivity index (χ1n) is 6.91. The molecule has 2 heterocycles. The molecule has 0 amide bonds. The summed E-state index contributed by atoms with van der Waals surface area (Å²) in [5, 5.41) is 32.2. The van der Waals surface area contributed by atoms with E-state index in [2.05, 4.69) is 30.9 Å². The van der Waals surface area contributed by atoms with Crippen LogP contribution >= 0.6 is 0 Å². The van der Waals surface area contributed by atoms with E-state index in [1.165, 1.54) is 0 Å². The van der Waals surface area contributed by atoms with Gasteiger partial charge in [-0.05, 0) is 28.1 Å². The lowest BCUT2D eigenvalue weighted by Gasteiger charge is -2.14. The molecule has 3 rings (SSSR count). The first-order chi connectivity index (χ1) is 11.1. The van der Waals surface area contributed by atoms with E-state index in [4.69, 9.17) is 5.11 Å². The monoisotopic (exact) mass is 314 g/mol. The van der Waals surface area contributed by atoms with Gasteiger partial charge in [0.05, 0.1) is 0 Å². The van der Waals surface area contributed by atoms with Crippen molar-refractivity contribution in [3.8, 4) is 0 Å². The smallest absolute Gasteiger partial charge is 0.327 e. The number of benzene rings is 1. The molecule has 0 fully saturated rings. The molecule has 1 aromatic carbocycles. The summed E-state index contributed by atoms with van der Waals surface area (Å²) in [6.07, 6.45) is 0.561. The first-order valence-corrected chi connectivity index (χ1v) is 6.91. The van der Waals surface area contributed by atoms with E-state index >= 15 is 0 Å². The Balaban J connectivity index is 1.93. The van der Waals surface area contributed by atoms with Crippen molar-refractivity contribution < 1.29 is 9.90 Å². The number of hydrogen-bond donors (Lipinski definition) is 1. The molecule has 0 aliphatic heterocycles. The van der Waals surface area contributed by atoms with Crippen molar-refractivity contribution in [3.05, 3.63) is 47.5 Å². The predicted octanol–water partition coefficient (Wildman–Crippen LogP) is -0.115. The van der Waals surface area contributed by atoms with Crippen molar-refractivity contribution >= 4 is 5.97 Å². The molecule has 0 spiro atoms. The minimum atomic E-state index is -1.04. The van der Waals surface area contributed by atoms with Crippen LogP contribution in [0.2, 0.25) is 0 Å². The second kappa shape index (κ2) is 6.30. The maximum absolute atomic E-state index is 10.8. The van der Waals surface area contributed by atoms with E-state index in [0.717, 1.165) is 10.4 Å². The summed E-state index contributed by atoms with van der Waals surface area (Å²) in [4.78, 5) is 11.8. The molecule has 10 heteroatoms. The number of rotatable bonds is 6. The number of carboxylic acid groups (broad SMARTS) is 1. The highest BCUT2D eigenvalue weighted by molar-refractivity contribution is 5.66. The third-order valence-corrected chi connectivity index (χ3v) is 3.27. The van der Waals surface area contributed by atoms with Crippen molar-refractivity contribution in [2.75, 3.05) is 0 Å². The topological polar surface area (TPSA) is 124 Å². The summed E-state index contributed by atoms with van der Waals surface area (Å²) in [6, 6.07) is 9.40. The van der Waals surface area contributed by atoms with Crippen LogP contribution < -0.4 is 0 Å². The van der Waals surface area contributed by atoms with Crippen molar-refractivity contribution in [3.63, 3.8) is 0 Å². The zero-order chi connectivity index (χ0) is 16.2. The fraction of sp³-hybridized carbons (Fsp3) is 0.308. The predicted molar refractivity (Wildman–Crippen MR) is 76.3 cm³/mol. The molecule has 2 aromatic heterocycles. The summed E-state index contributed by atoms with van der Waals surface area (Å²) in [7, 11) is 0. The highest BCUT2D eigenvalue weighted by Gasteiger charge is 2.23. The van der Waals surface area contributed by atoms with E-state index in [1.54, 1.807) is 11.6 Å². The number of aryl methyl sites for hydroxylation is 1. The van der Waals surface area contributed by atoms with Gasteiger partial charge in [-0.3, -0.25) is 4.79 Å². The standard InChI is InChI=1S/C13H14N8O2/c1-9-14-17-19-21(9)11(7-10-5-3-2-4-6-10)13-15-18-20(16-13)8-12(22)23/h2-6,11H,7-8H2,1H3,(H,22,23). The van der Waals surface area contributed by atoms with Gasteiger partial charge in [0.25, 0.3) is 0 Å². The number of hydrogen-bond acceptors (Lipinski definition) is 7. The molecule has 0 bridgehead atoms. The lowest BCUT2D eigenvalue weighted by Crippen LogP contribution is -2.19. The molecule has 10 nitrogen and oxygen atoms in total. The maximum Gasteiger partial charge on any atom is 0.327 e. The average Bonchev–Trinajstić information content (AvgIpc) is 3.15. The highest BCUT2D eigenvalue weighted by Crippen LogP contribution is 2.19. The summed E-state index contributed by atoms with van der Waals surface area (Å²) in [5.41, 5.74) is 1.06. The van der Waals surface area contributed by atoms with Gasteiger partial charge in [-0.15, -0.1) is 15.3 Å². The van der Waals surface area contributed by atoms with Crippen molar-refractivity contribution in [1.82, 2.24) is 40.4 Å². The zero-order valence-electron chi connectivity index (χ0n) is 12.3. The molecule has 0 saturated carbocycles. The van der Waals surface area contributed by atoms with Crippen LogP contribution in [-0.2, 0) is 17.8 Å². The number of nitrogens with zero attached hydrogens (tertiary/aromatic N) is 8. The number of aliphatic carboxylic acids is 1. The molecule has 23 heavy (non-hydrogen) atoms. The lowest BCUT2D eigenvalue weighted by atomic mass is 10.1. The minimum Gasteiger partial charge on any atom is -0.480 e. The van der Waals surface area contributed by atoms with Crippen molar-refractivity contribution in [2.45, 2.75) is 25.9 Å². The number of carboxylic acids is 1. The second-order valence-electron chi connectivity index (χ2n) is 4.95. The zero-order valence-corrected chi connectivity index (χ0v) is 12.3. The van der Waals surface area contributed by atoms with Crippen LogP contribution in [-0.4, -0.2) is 51.5 Å². The fourth-order valence-corrected chi connectivity index (χ4v) is 2.23. The Morgan fingerprint density at radius 3 is 2.65 bits per heavy atom. The van der Waals surface area contributed by atoms with Gasteiger partial charge in [0, 0.05) is 6.42 Å². The normalized spacial score (nSPS) is 12.2. The van der Waals surface area contributed by atoms with Gasteiger partial charge in [-0.1, -0.05) is 30.3 Å². The summed E-state index contributed by atoms with van der Waals surface area (Å²) in [5.74, 6) is -0.0572. The summed E-state index contributed by atoms with van der Waals surface area (Å²) >= 11 is 0. The SMILES string of the molecule is Cc1nnnn1C(Cc1ccccc1)c1nnn(CC(=O)O)n1. The summed E-state index contributed by atoms with van der Waals surface area (Å²) < 4.78 is 1.61. The Morgan fingerprint density at radius 2 is 2.00 bits per heavy atom. The highest BCUT2D eigenvalue weighted by atomic mass is 16.4. The molecular formula is C13H14N8O2.